The Labute approximate surface area is 174 Å². The van der Waals surface area contributed by atoms with E-state index in [0.29, 0.717) is 6.04 Å². The lowest BCUT2D eigenvalue weighted by atomic mass is 10.1. The van der Waals surface area contributed by atoms with Crippen LogP contribution in [0.5, 0.6) is 0 Å². The molecule has 7 heteroatoms. The summed E-state index contributed by atoms with van der Waals surface area (Å²) in [6.07, 6.45) is 6.13. The maximum Gasteiger partial charge on any atom is 0.209 e. The summed E-state index contributed by atoms with van der Waals surface area (Å²) < 4.78 is 7.87. The minimum Gasteiger partial charge on any atom is -0.376 e. The molecule has 2 atom stereocenters. The summed E-state index contributed by atoms with van der Waals surface area (Å²) in [5.74, 6) is 1.07. The van der Waals surface area contributed by atoms with E-state index >= 15 is 0 Å². The maximum absolute atomic E-state index is 5.83. The molecule has 29 heavy (non-hydrogen) atoms. The van der Waals surface area contributed by atoms with E-state index in [2.05, 4.69) is 52.8 Å². The summed E-state index contributed by atoms with van der Waals surface area (Å²) in [4.78, 5) is 3.34. The van der Waals surface area contributed by atoms with Crippen molar-refractivity contribution in [3.05, 3.63) is 41.7 Å². The fourth-order valence-electron chi connectivity index (χ4n) is 4.83. The van der Waals surface area contributed by atoms with Crippen molar-refractivity contribution in [1.29, 1.82) is 0 Å². The van der Waals surface area contributed by atoms with Crippen LogP contribution >= 0.6 is 0 Å². The van der Waals surface area contributed by atoms with Gasteiger partial charge in [-0.1, -0.05) is 43.7 Å². The molecule has 7 nitrogen and oxygen atoms in total. The number of unbranched alkanes of at least 4 members (excludes halogenated alkanes) is 1. The van der Waals surface area contributed by atoms with Crippen LogP contribution in [0.2, 0.25) is 0 Å². The van der Waals surface area contributed by atoms with Crippen LogP contribution in [0.4, 0.5) is 0 Å². The molecule has 2 N–H and O–H groups in total. The molecule has 0 saturated carbocycles. The number of rotatable bonds is 9. The number of nitrogens with zero attached hydrogens (tertiary/aromatic N) is 4. The Bertz CT molecular complexity index is 722. The first-order valence-electron chi connectivity index (χ1n) is 11.4. The van der Waals surface area contributed by atoms with Gasteiger partial charge in [0.2, 0.25) is 5.82 Å². The normalized spacial score (nSPS) is 25.9. The standard InChI is InChI=1S/C22H34N6O/c1-2-3-11-21(22-23-24-25-28(22)18-20-10-7-16-29-20)27-14-12-26(13-15-27)17-19-8-5-4-6-9-19/h4-6,8-9,20-21H,2-3,7,10-18H2,1H3/p+2/t20-,21+/m1/s1. The Morgan fingerprint density at radius 1 is 1.17 bits per heavy atom. The van der Waals surface area contributed by atoms with Crippen molar-refractivity contribution in [3.63, 3.8) is 0 Å². The summed E-state index contributed by atoms with van der Waals surface area (Å²) in [6.45, 7) is 9.85. The smallest absolute Gasteiger partial charge is 0.209 e. The van der Waals surface area contributed by atoms with Gasteiger partial charge in [-0.15, -0.1) is 5.10 Å². The zero-order chi connectivity index (χ0) is 19.9. The van der Waals surface area contributed by atoms with Gasteiger partial charge in [-0.2, -0.15) is 0 Å². The lowest BCUT2D eigenvalue weighted by Crippen LogP contribution is -3.27. The molecular weight excluding hydrogens is 364 g/mol. The first kappa shape index (κ1) is 20.4. The first-order valence-corrected chi connectivity index (χ1v) is 11.4. The highest BCUT2D eigenvalue weighted by molar-refractivity contribution is 5.13. The summed E-state index contributed by atoms with van der Waals surface area (Å²) in [7, 11) is 0. The number of tetrazole rings is 1. The van der Waals surface area contributed by atoms with Crippen molar-refractivity contribution in [2.24, 2.45) is 0 Å². The van der Waals surface area contributed by atoms with E-state index in [-0.39, 0.29) is 6.10 Å². The van der Waals surface area contributed by atoms with Gasteiger partial charge in [0.25, 0.3) is 0 Å². The number of quaternary nitrogens is 2. The summed E-state index contributed by atoms with van der Waals surface area (Å²) >= 11 is 0. The van der Waals surface area contributed by atoms with Crippen molar-refractivity contribution in [2.45, 2.75) is 64.3 Å². The molecule has 0 radical (unpaired) electrons. The van der Waals surface area contributed by atoms with Gasteiger partial charge in [-0.25, -0.2) is 4.68 Å². The first-order chi connectivity index (χ1) is 14.3. The van der Waals surface area contributed by atoms with E-state index in [4.69, 9.17) is 4.74 Å². The van der Waals surface area contributed by atoms with Gasteiger partial charge in [0.05, 0.1) is 12.6 Å². The zero-order valence-corrected chi connectivity index (χ0v) is 17.7. The fraction of sp³-hybridized carbons (Fsp3) is 0.682. The average Bonchev–Trinajstić information content (AvgIpc) is 3.43. The van der Waals surface area contributed by atoms with Gasteiger partial charge in [-0.05, 0) is 29.7 Å². The quantitative estimate of drug-likeness (QED) is 0.625. The van der Waals surface area contributed by atoms with Crippen LogP contribution in [0, 0.1) is 0 Å². The van der Waals surface area contributed by atoms with Crippen molar-refractivity contribution in [1.82, 2.24) is 20.2 Å². The highest BCUT2D eigenvalue weighted by atomic mass is 16.5. The van der Waals surface area contributed by atoms with E-state index in [1.165, 1.54) is 44.6 Å². The fourth-order valence-corrected chi connectivity index (χ4v) is 4.83. The largest absolute Gasteiger partial charge is 0.376 e. The Hall–Kier alpha value is -1.83. The van der Waals surface area contributed by atoms with Crippen molar-refractivity contribution >= 4 is 0 Å². The second-order valence-corrected chi connectivity index (χ2v) is 8.62. The summed E-state index contributed by atoms with van der Waals surface area (Å²) in [5.41, 5.74) is 1.44. The van der Waals surface area contributed by atoms with Gasteiger partial charge in [0.1, 0.15) is 38.8 Å². The average molecular weight is 401 g/mol. The molecule has 0 unspecified atom stereocenters. The maximum atomic E-state index is 5.83. The van der Waals surface area contributed by atoms with Crippen LogP contribution in [-0.2, 0) is 17.8 Å². The summed E-state index contributed by atoms with van der Waals surface area (Å²) in [5, 5.41) is 12.9. The molecule has 2 aliphatic rings. The SMILES string of the molecule is CCCC[C@@H](c1nnnn1C[C@H]1CCCO1)[NH+]1CC[NH+](Cc2ccccc2)CC1. The predicted octanol–water partition coefficient (Wildman–Crippen LogP) is 0.0670. The number of nitrogens with one attached hydrogen (secondary N) is 2. The second-order valence-electron chi connectivity index (χ2n) is 8.62. The topological polar surface area (TPSA) is 61.7 Å². The third-order valence-electron chi connectivity index (χ3n) is 6.51. The Morgan fingerprint density at radius 2 is 2.00 bits per heavy atom. The van der Waals surface area contributed by atoms with Crippen LogP contribution in [0.1, 0.15) is 56.5 Å². The molecule has 0 spiro atoms. The third kappa shape index (κ3) is 5.41. The Balaban J connectivity index is 1.39. The van der Waals surface area contributed by atoms with Crippen molar-refractivity contribution in [2.75, 3.05) is 32.8 Å². The van der Waals surface area contributed by atoms with Crippen LogP contribution in [-0.4, -0.2) is 59.1 Å². The molecular formula is C22H36N6O+2. The van der Waals surface area contributed by atoms with Crippen LogP contribution in [0.25, 0.3) is 0 Å². The predicted molar refractivity (Wildman–Crippen MR) is 111 cm³/mol. The minimum absolute atomic E-state index is 0.270. The summed E-state index contributed by atoms with van der Waals surface area (Å²) in [6, 6.07) is 11.3. The van der Waals surface area contributed by atoms with Crippen molar-refractivity contribution in [3.8, 4) is 0 Å². The Morgan fingerprint density at radius 3 is 2.72 bits per heavy atom. The van der Waals surface area contributed by atoms with E-state index in [1.54, 1.807) is 9.80 Å². The second kappa shape index (κ2) is 10.3. The van der Waals surface area contributed by atoms with Gasteiger partial charge in [0.15, 0.2) is 0 Å². The van der Waals surface area contributed by atoms with Crippen LogP contribution in [0.15, 0.2) is 30.3 Å². The lowest BCUT2D eigenvalue weighted by molar-refractivity contribution is -1.03. The van der Waals surface area contributed by atoms with Gasteiger partial charge in [-0.3, -0.25) is 0 Å². The highest BCUT2D eigenvalue weighted by Crippen LogP contribution is 2.18. The van der Waals surface area contributed by atoms with E-state index in [9.17, 15) is 0 Å². The molecule has 0 aliphatic carbocycles. The van der Waals surface area contributed by atoms with Crippen LogP contribution < -0.4 is 9.80 Å². The minimum atomic E-state index is 0.270. The lowest BCUT2D eigenvalue weighted by Gasteiger charge is -2.34. The Kier molecular flexibility index (Phi) is 7.24. The van der Waals surface area contributed by atoms with Gasteiger partial charge >= 0.3 is 0 Å². The highest BCUT2D eigenvalue weighted by Gasteiger charge is 2.34. The zero-order valence-electron chi connectivity index (χ0n) is 17.7. The molecule has 2 aromatic rings. The third-order valence-corrected chi connectivity index (χ3v) is 6.51. The number of aromatic nitrogens is 4. The molecule has 2 saturated heterocycles. The molecule has 158 valence electrons. The molecule has 1 aromatic carbocycles. The number of ether oxygens (including phenoxy) is 1. The van der Waals surface area contributed by atoms with Gasteiger partial charge in [0, 0.05) is 18.6 Å². The molecule has 0 amide bonds. The number of hydrogen-bond acceptors (Lipinski definition) is 4. The molecule has 2 aliphatic heterocycles. The molecule has 3 heterocycles. The van der Waals surface area contributed by atoms with Crippen molar-refractivity contribution < 1.29 is 14.5 Å². The molecule has 2 fully saturated rings. The van der Waals surface area contributed by atoms with E-state index in [0.717, 1.165) is 44.8 Å². The monoisotopic (exact) mass is 400 g/mol. The van der Waals surface area contributed by atoms with Gasteiger partial charge < -0.3 is 14.5 Å². The number of benzene rings is 1. The molecule has 1 aromatic heterocycles. The molecule has 0 bridgehead atoms. The molecule has 4 rings (SSSR count). The number of piperazine rings is 1. The van der Waals surface area contributed by atoms with Crippen LogP contribution in [0.3, 0.4) is 0 Å². The van der Waals surface area contributed by atoms with E-state index in [1.807, 2.05) is 4.68 Å². The number of hydrogen-bond donors (Lipinski definition) is 2. The van der Waals surface area contributed by atoms with E-state index < -0.39 is 0 Å².